The molecule has 4 nitrogen and oxygen atoms in total. The van der Waals surface area contributed by atoms with Gasteiger partial charge >= 0.3 is 0 Å². The topological polar surface area (TPSA) is 42.4 Å². The number of fused-ring (bicyclic) bond motifs is 1. The molecule has 0 N–H and O–H groups in total. The Morgan fingerprint density at radius 2 is 1.66 bits per heavy atom. The lowest BCUT2D eigenvalue weighted by Gasteiger charge is -2.20. The van der Waals surface area contributed by atoms with Crippen LogP contribution >= 0.6 is 11.3 Å². The van der Waals surface area contributed by atoms with Crippen molar-refractivity contribution in [2.75, 3.05) is 12.0 Å². The van der Waals surface area contributed by atoms with E-state index in [9.17, 15) is 4.79 Å². The zero-order chi connectivity index (χ0) is 20.1. The third kappa shape index (κ3) is 4.63. The summed E-state index contributed by atoms with van der Waals surface area (Å²) in [5, 5.41) is 0.718. The Labute approximate surface area is 174 Å². The van der Waals surface area contributed by atoms with E-state index in [-0.39, 0.29) is 5.91 Å². The molecule has 1 aromatic heterocycles. The summed E-state index contributed by atoms with van der Waals surface area (Å²) >= 11 is 1.53. The molecular weight excluding hydrogens is 380 g/mol. The first-order valence-electron chi connectivity index (χ1n) is 9.56. The molecule has 0 fully saturated rings. The normalized spacial score (nSPS) is 10.8. The monoisotopic (exact) mass is 402 g/mol. The van der Waals surface area contributed by atoms with Crippen LogP contribution in [-0.4, -0.2) is 18.0 Å². The number of aryl methyl sites for hydroxylation is 1. The Kier molecular flexibility index (Phi) is 5.86. The van der Waals surface area contributed by atoms with Crippen LogP contribution in [-0.2, 0) is 17.8 Å². The smallest absolute Gasteiger partial charge is 0.229 e. The molecule has 0 bridgehead atoms. The summed E-state index contributed by atoms with van der Waals surface area (Å²) < 4.78 is 6.34. The summed E-state index contributed by atoms with van der Waals surface area (Å²) in [5.41, 5.74) is 3.09. The fraction of sp³-hybridized carbons (Fsp3) is 0.167. The van der Waals surface area contributed by atoms with Crippen molar-refractivity contribution in [3.8, 4) is 5.75 Å². The van der Waals surface area contributed by atoms with E-state index in [1.54, 1.807) is 12.0 Å². The van der Waals surface area contributed by atoms with Gasteiger partial charge in [0.05, 0.1) is 23.9 Å². The first kappa shape index (κ1) is 19.2. The molecule has 1 heterocycles. The van der Waals surface area contributed by atoms with Crippen molar-refractivity contribution in [3.05, 3.63) is 90.0 Å². The van der Waals surface area contributed by atoms with Crippen LogP contribution in [0.15, 0.2) is 78.9 Å². The fourth-order valence-electron chi connectivity index (χ4n) is 3.20. The van der Waals surface area contributed by atoms with E-state index in [1.165, 1.54) is 11.3 Å². The first-order chi connectivity index (χ1) is 14.2. The molecule has 0 spiro atoms. The zero-order valence-corrected chi connectivity index (χ0v) is 17.1. The molecule has 4 aromatic rings. The first-order valence-corrected chi connectivity index (χ1v) is 10.4. The van der Waals surface area contributed by atoms with Crippen LogP contribution in [0.1, 0.15) is 17.5 Å². The van der Waals surface area contributed by atoms with Crippen molar-refractivity contribution in [3.63, 3.8) is 0 Å². The number of hydrogen-bond donors (Lipinski definition) is 0. The third-order valence-electron chi connectivity index (χ3n) is 4.77. The Morgan fingerprint density at radius 1 is 0.966 bits per heavy atom. The molecule has 0 radical (unpaired) electrons. The summed E-state index contributed by atoms with van der Waals surface area (Å²) in [6.45, 7) is 0.505. The number of rotatable bonds is 7. The van der Waals surface area contributed by atoms with Gasteiger partial charge in [-0.3, -0.25) is 9.69 Å². The number of methoxy groups -OCH3 is 1. The van der Waals surface area contributed by atoms with Crippen LogP contribution in [0.3, 0.4) is 0 Å². The second-order valence-corrected chi connectivity index (χ2v) is 7.79. The number of carbonyl (C=O) groups is 1. The van der Waals surface area contributed by atoms with Gasteiger partial charge in [-0.05, 0) is 29.7 Å². The second-order valence-electron chi connectivity index (χ2n) is 6.78. The van der Waals surface area contributed by atoms with Gasteiger partial charge in [-0.2, -0.15) is 0 Å². The van der Waals surface area contributed by atoms with Crippen molar-refractivity contribution >= 4 is 32.6 Å². The molecule has 5 heteroatoms. The highest BCUT2D eigenvalue weighted by Gasteiger charge is 2.20. The molecule has 0 aliphatic carbocycles. The Bertz CT molecular complexity index is 1090. The number of amides is 1. The maximum absolute atomic E-state index is 13.2. The predicted molar refractivity (Wildman–Crippen MR) is 119 cm³/mol. The largest absolute Gasteiger partial charge is 0.497 e. The minimum Gasteiger partial charge on any atom is -0.497 e. The maximum Gasteiger partial charge on any atom is 0.229 e. The van der Waals surface area contributed by atoms with Crippen molar-refractivity contribution in [2.24, 2.45) is 0 Å². The van der Waals surface area contributed by atoms with Crippen LogP contribution in [0, 0.1) is 0 Å². The lowest BCUT2D eigenvalue weighted by atomic mass is 10.1. The van der Waals surface area contributed by atoms with E-state index >= 15 is 0 Å². The number of aromatic nitrogens is 1. The third-order valence-corrected chi connectivity index (χ3v) is 5.83. The number of thiazole rings is 1. The molecule has 0 aliphatic rings. The molecule has 146 valence electrons. The standard InChI is InChI=1S/C24H22N2O2S/c1-28-20-13-14-22-21(16-20)25-24(29-22)26(17-19-10-6-3-7-11-19)23(27)15-12-18-8-4-2-5-9-18/h2-11,13-14,16H,12,15,17H2,1H3. The molecule has 0 saturated heterocycles. The predicted octanol–water partition coefficient (Wildman–Crippen LogP) is 5.47. The van der Waals surface area contributed by atoms with Crippen molar-refractivity contribution in [2.45, 2.75) is 19.4 Å². The highest BCUT2D eigenvalue weighted by molar-refractivity contribution is 7.22. The van der Waals surface area contributed by atoms with Crippen LogP contribution in [0.2, 0.25) is 0 Å². The quantitative estimate of drug-likeness (QED) is 0.412. The summed E-state index contributed by atoms with van der Waals surface area (Å²) in [4.78, 5) is 19.7. The van der Waals surface area contributed by atoms with E-state index < -0.39 is 0 Å². The van der Waals surface area contributed by atoms with Crippen LogP contribution in [0.25, 0.3) is 10.2 Å². The van der Waals surface area contributed by atoms with Gasteiger partial charge < -0.3 is 4.74 Å². The maximum atomic E-state index is 13.2. The van der Waals surface area contributed by atoms with E-state index in [2.05, 4.69) is 12.1 Å². The Balaban J connectivity index is 1.61. The van der Waals surface area contributed by atoms with Gasteiger partial charge in [0, 0.05) is 12.5 Å². The van der Waals surface area contributed by atoms with Crippen molar-refractivity contribution < 1.29 is 9.53 Å². The summed E-state index contributed by atoms with van der Waals surface area (Å²) in [7, 11) is 1.64. The number of anilines is 1. The van der Waals surface area contributed by atoms with Gasteiger partial charge in [0.15, 0.2) is 5.13 Å². The molecule has 0 atom stereocenters. The zero-order valence-electron chi connectivity index (χ0n) is 16.2. The molecule has 3 aromatic carbocycles. The van der Waals surface area contributed by atoms with Gasteiger partial charge in [0.25, 0.3) is 0 Å². The molecule has 0 saturated carbocycles. The molecule has 0 unspecified atom stereocenters. The molecule has 0 aliphatic heterocycles. The molecular formula is C24H22N2O2S. The Hall–Kier alpha value is -3.18. The van der Waals surface area contributed by atoms with Crippen LogP contribution < -0.4 is 9.64 Å². The number of benzene rings is 3. The van der Waals surface area contributed by atoms with E-state index in [1.807, 2.05) is 66.7 Å². The Morgan fingerprint density at radius 3 is 2.34 bits per heavy atom. The van der Waals surface area contributed by atoms with Crippen LogP contribution in [0.4, 0.5) is 5.13 Å². The average molecular weight is 403 g/mol. The van der Waals surface area contributed by atoms with Crippen molar-refractivity contribution in [1.82, 2.24) is 4.98 Å². The SMILES string of the molecule is COc1ccc2sc(N(Cc3ccccc3)C(=O)CCc3ccccc3)nc2c1. The highest BCUT2D eigenvalue weighted by Crippen LogP contribution is 2.32. The van der Waals surface area contributed by atoms with Crippen LogP contribution in [0.5, 0.6) is 5.75 Å². The molecule has 4 rings (SSSR count). The van der Waals surface area contributed by atoms with Gasteiger partial charge in [-0.1, -0.05) is 72.0 Å². The van der Waals surface area contributed by atoms with Gasteiger partial charge in [-0.15, -0.1) is 0 Å². The van der Waals surface area contributed by atoms with E-state index in [0.717, 1.165) is 32.2 Å². The van der Waals surface area contributed by atoms with E-state index in [4.69, 9.17) is 9.72 Å². The minimum absolute atomic E-state index is 0.0729. The second kappa shape index (κ2) is 8.88. The fourth-order valence-corrected chi connectivity index (χ4v) is 4.16. The van der Waals surface area contributed by atoms with Gasteiger partial charge in [0.2, 0.25) is 5.91 Å². The average Bonchev–Trinajstić information content (AvgIpc) is 3.20. The highest BCUT2D eigenvalue weighted by atomic mass is 32.1. The lowest BCUT2D eigenvalue weighted by molar-refractivity contribution is -0.118. The lowest BCUT2D eigenvalue weighted by Crippen LogP contribution is -2.30. The summed E-state index contributed by atoms with van der Waals surface area (Å²) in [5.74, 6) is 0.836. The number of ether oxygens (including phenoxy) is 1. The summed E-state index contributed by atoms with van der Waals surface area (Å²) in [6, 6.07) is 26.0. The molecule has 29 heavy (non-hydrogen) atoms. The number of carbonyl (C=O) groups excluding carboxylic acids is 1. The number of nitrogens with zero attached hydrogens (tertiary/aromatic N) is 2. The van der Waals surface area contributed by atoms with E-state index in [0.29, 0.717) is 19.4 Å². The summed E-state index contributed by atoms with van der Waals surface area (Å²) in [6.07, 6.45) is 1.15. The van der Waals surface area contributed by atoms with Gasteiger partial charge in [0.1, 0.15) is 5.75 Å². The van der Waals surface area contributed by atoms with Gasteiger partial charge in [-0.25, -0.2) is 4.98 Å². The van der Waals surface area contributed by atoms with Crippen molar-refractivity contribution in [1.29, 1.82) is 0 Å². The molecule has 1 amide bonds. The number of hydrogen-bond acceptors (Lipinski definition) is 4. The minimum atomic E-state index is 0.0729.